The summed E-state index contributed by atoms with van der Waals surface area (Å²) in [6, 6.07) is 12.8. The predicted molar refractivity (Wildman–Crippen MR) is 130 cm³/mol. The standard InChI is InChI=1S/C28H38F2N2O/c1-20(2)27(32-19-21-7-4-3-5-8-21)28(33)31-18-6-9-26(22-10-14-24(29)15-11-22)23-12-16-25(30)17-13-23/h10-17,20-21,26-27,32H,3-9,18-19H2,1-2H3,(H,31,33). The van der Waals surface area contributed by atoms with E-state index in [4.69, 9.17) is 0 Å². The van der Waals surface area contributed by atoms with Gasteiger partial charge in [0.25, 0.3) is 0 Å². The fourth-order valence-corrected chi connectivity index (χ4v) is 4.86. The van der Waals surface area contributed by atoms with E-state index in [1.807, 2.05) is 0 Å². The topological polar surface area (TPSA) is 41.1 Å². The Bertz CT molecular complexity index is 800. The second kappa shape index (κ2) is 12.8. The van der Waals surface area contributed by atoms with Gasteiger partial charge in [0.1, 0.15) is 11.6 Å². The Hall–Kier alpha value is -2.27. The van der Waals surface area contributed by atoms with Gasteiger partial charge in [0, 0.05) is 12.5 Å². The largest absolute Gasteiger partial charge is 0.355 e. The third-order valence-corrected chi connectivity index (χ3v) is 6.81. The zero-order chi connectivity index (χ0) is 23.6. The lowest BCUT2D eigenvalue weighted by Crippen LogP contribution is -2.49. The second-order valence-electron chi connectivity index (χ2n) is 9.72. The van der Waals surface area contributed by atoms with Crippen LogP contribution < -0.4 is 10.6 Å². The molecule has 1 unspecified atom stereocenters. The van der Waals surface area contributed by atoms with Crippen molar-refractivity contribution in [2.75, 3.05) is 13.1 Å². The molecule has 33 heavy (non-hydrogen) atoms. The SMILES string of the molecule is CC(C)C(NCC1CCCCC1)C(=O)NCCCC(c1ccc(F)cc1)c1ccc(F)cc1. The van der Waals surface area contributed by atoms with Crippen molar-refractivity contribution in [1.82, 2.24) is 10.6 Å². The lowest BCUT2D eigenvalue weighted by molar-refractivity contribution is -0.124. The molecule has 1 amide bonds. The molecule has 1 atom stereocenters. The normalized spacial score (nSPS) is 15.7. The van der Waals surface area contributed by atoms with Gasteiger partial charge in [-0.05, 0) is 79.5 Å². The minimum atomic E-state index is -0.274. The van der Waals surface area contributed by atoms with Gasteiger partial charge in [-0.15, -0.1) is 0 Å². The van der Waals surface area contributed by atoms with Gasteiger partial charge < -0.3 is 10.6 Å². The molecule has 0 heterocycles. The average Bonchev–Trinajstić information content (AvgIpc) is 2.81. The molecular weight excluding hydrogens is 418 g/mol. The molecule has 1 saturated carbocycles. The van der Waals surface area contributed by atoms with Gasteiger partial charge in [0.2, 0.25) is 5.91 Å². The first-order chi connectivity index (χ1) is 15.9. The van der Waals surface area contributed by atoms with E-state index in [0.29, 0.717) is 12.5 Å². The van der Waals surface area contributed by atoms with Crippen LogP contribution in [0.1, 0.15) is 75.8 Å². The van der Waals surface area contributed by atoms with Crippen LogP contribution in [0.3, 0.4) is 0 Å². The summed E-state index contributed by atoms with van der Waals surface area (Å²) in [6.07, 6.45) is 8.00. The highest BCUT2D eigenvalue weighted by Crippen LogP contribution is 2.29. The van der Waals surface area contributed by atoms with Crippen LogP contribution in [-0.2, 0) is 4.79 Å². The lowest BCUT2D eigenvalue weighted by atomic mass is 9.87. The molecule has 180 valence electrons. The summed E-state index contributed by atoms with van der Waals surface area (Å²) in [5.74, 6) is 0.433. The molecule has 2 N–H and O–H groups in total. The first-order valence-corrected chi connectivity index (χ1v) is 12.5. The average molecular weight is 457 g/mol. The van der Waals surface area contributed by atoms with Gasteiger partial charge in [-0.2, -0.15) is 0 Å². The summed E-state index contributed by atoms with van der Waals surface area (Å²) in [6.45, 7) is 5.65. The number of carbonyl (C=O) groups excluding carboxylic acids is 1. The van der Waals surface area contributed by atoms with Crippen LogP contribution in [0.2, 0.25) is 0 Å². The molecule has 2 aromatic carbocycles. The number of amides is 1. The summed E-state index contributed by atoms with van der Waals surface area (Å²) >= 11 is 0. The fourth-order valence-electron chi connectivity index (χ4n) is 4.86. The highest BCUT2D eigenvalue weighted by atomic mass is 19.1. The summed E-state index contributed by atoms with van der Waals surface area (Å²) in [7, 11) is 0. The molecule has 5 heteroatoms. The van der Waals surface area contributed by atoms with Gasteiger partial charge in [0.05, 0.1) is 6.04 Å². The molecule has 1 fully saturated rings. The molecule has 3 nitrogen and oxygen atoms in total. The van der Waals surface area contributed by atoms with E-state index in [1.165, 1.54) is 56.4 Å². The molecule has 1 aliphatic carbocycles. The van der Waals surface area contributed by atoms with Gasteiger partial charge >= 0.3 is 0 Å². The van der Waals surface area contributed by atoms with E-state index in [0.717, 1.165) is 30.5 Å². The lowest BCUT2D eigenvalue weighted by Gasteiger charge is -2.27. The maximum Gasteiger partial charge on any atom is 0.237 e. The molecule has 3 rings (SSSR count). The number of halogens is 2. The predicted octanol–water partition coefficient (Wildman–Crippen LogP) is 6.19. The highest BCUT2D eigenvalue weighted by Gasteiger charge is 2.23. The number of hydrogen-bond acceptors (Lipinski definition) is 2. The minimum absolute atomic E-state index is 0.0217. The fraction of sp³-hybridized carbons (Fsp3) is 0.536. The number of nitrogens with one attached hydrogen (secondary N) is 2. The van der Waals surface area contributed by atoms with Gasteiger partial charge in [-0.25, -0.2) is 8.78 Å². The molecule has 1 aliphatic rings. The number of rotatable bonds is 11. The number of hydrogen-bond donors (Lipinski definition) is 2. The summed E-state index contributed by atoms with van der Waals surface area (Å²) in [5, 5.41) is 6.62. The van der Waals surface area contributed by atoms with Crippen LogP contribution in [0.5, 0.6) is 0 Å². The van der Waals surface area contributed by atoms with Crippen molar-refractivity contribution < 1.29 is 13.6 Å². The molecule has 2 aromatic rings. The highest BCUT2D eigenvalue weighted by molar-refractivity contribution is 5.81. The van der Waals surface area contributed by atoms with Crippen LogP contribution in [0.15, 0.2) is 48.5 Å². The van der Waals surface area contributed by atoms with Crippen molar-refractivity contribution in [1.29, 1.82) is 0 Å². The van der Waals surface area contributed by atoms with Crippen molar-refractivity contribution in [2.24, 2.45) is 11.8 Å². The maximum atomic E-state index is 13.4. The van der Waals surface area contributed by atoms with Crippen molar-refractivity contribution in [2.45, 2.75) is 70.8 Å². The smallest absolute Gasteiger partial charge is 0.237 e. The summed E-state index contributed by atoms with van der Waals surface area (Å²) < 4.78 is 26.8. The van der Waals surface area contributed by atoms with Gasteiger partial charge in [-0.3, -0.25) is 4.79 Å². The van der Waals surface area contributed by atoms with E-state index in [2.05, 4.69) is 24.5 Å². The van der Waals surface area contributed by atoms with Crippen molar-refractivity contribution in [3.63, 3.8) is 0 Å². The Balaban J connectivity index is 1.53. The molecule has 0 bridgehead atoms. The van der Waals surface area contributed by atoms with E-state index in [-0.39, 0.29) is 35.4 Å². The third kappa shape index (κ3) is 7.92. The minimum Gasteiger partial charge on any atom is -0.355 e. The van der Waals surface area contributed by atoms with Crippen LogP contribution in [0, 0.1) is 23.5 Å². The maximum absolute atomic E-state index is 13.4. The van der Waals surface area contributed by atoms with E-state index >= 15 is 0 Å². The first kappa shape index (κ1) is 25.4. The Morgan fingerprint density at radius 3 is 1.97 bits per heavy atom. The van der Waals surface area contributed by atoms with E-state index < -0.39 is 0 Å². The number of carbonyl (C=O) groups is 1. The monoisotopic (exact) mass is 456 g/mol. The molecule has 0 aliphatic heterocycles. The summed E-state index contributed by atoms with van der Waals surface area (Å²) in [4.78, 5) is 12.9. The quantitative estimate of drug-likeness (QED) is 0.396. The first-order valence-electron chi connectivity index (χ1n) is 12.5. The number of benzene rings is 2. The Morgan fingerprint density at radius 1 is 0.909 bits per heavy atom. The molecular formula is C28H38F2N2O. The van der Waals surface area contributed by atoms with Crippen LogP contribution >= 0.6 is 0 Å². The Morgan fingerprint density at radius 2 is 1.45 bits per heavy atom. The van der Waals surface area contributed by atoms with Crippen LogP contribution in [0.25, 0.3) is 0 Å². The van der Waals surface area contributed by atoms with Crippen molar-refractivity contribution >= 4 is 5.91 Å². The summed E-state index contributed by atoms with van der Waals surface area (Å²) in [5.41, 5.74) is 1.98. The van der Waals surface area contributed by atoms with Gasteiger partial charge in [0.15, 0.2) is 0 Å². The molecule has 0 spiro atoms. The van der Waals surface area contributed by atoms with Crippen molar-refractivity contribution in [3.05, 3.63) is 71.3 Å². The zero-order valence-electron chi connectivity index (χ0n) is 20.0. The Kier molecular flexibility index (Phi) is 9.86. The van der Waals surface area contributed by atoms with Crippen LogP contribution in [-0.4, -0.2) is 25.0 Å². The molecule has 0 aromatic heterocycles. The Labute approximate surface area is 197 Å². The zero-order valence-corrected chi connectivity index (χ0v) is 20.0. The van der Waals surface area contributed by atoms with E-state index in [9.17, 15) is 13.6 Å². The van der Waals surface area contributed by atoms with E-state index in [1.54, 1.807) is 24.3 Å². The van der Waals surface area contributed by atoms with Gasteiger partial charge in [-0.1, -0.05) is 57.4 Å². The van der Waals surface area contributed by atoms with Crippen LogP contribution in [0.4, 0.5) is 8.78 Å². The molecule has 0 saturated heterocycles. The van der Waals surface area contributed by atoms with Crippen molar-refractivity contribution in [3.8, 4) is 0 Å². The second-order valence-corrected chi connectivity index (χ2v) is 9.72. The third-order valence-electron chi connectivity index (χ3n) is 6.81. The molecule has 0 radical (unpaired) electrons.